The molecule has 3 aromatic rings. The van der Waals surface area contributed by atoms with Gasteiger partial charge in [-0.25, -0.2) is 23.1 Å². The van der Waals surface area contributed by atoms with Crippen LogP contribution in [0.15, 0.2) is 48.9 Å². The Kier molecular flexibility index (Phi) is 6.53. The molecule has 2 aliphatic rings. The summed E-state index contributed by atoms with van der Waals surface area (Å²) >= 11 is 0. The molecule has 0 atom stereocenters. The fourth-order valence-electron chi connectivity index (χ4n) is 4.78. The summed E-state index contributed by atoms with van der Waals surface area (Å²) in [4.78, 5) is 38.1. The van der Waals surface area contributed by atoms with E-state index >= 15 is 0 Å². The van der Waals surface area contributed by atoms with E-state index in [2.05, 4.69) is 25.6 Å². The number of halogens is 3. The molecule has 8 nitrogen and oxygen atoms in total. The van der Waals surface area contributed by atoms with Crippen molar-refractivity contribution >= 4 is 17.8 Å². The summed E-state index contributed by atoms with van der Waals surface area (Å²) < 4.78 is 42.7. The molecule has 1 saturated carbocycles. The zero-order valence-electron chi connectivity index (χ0n) is 20.0. The van der Waals surface area contributed by atoms with Gasteiger partial charge < -0.3 is 15.5 Å². The second-order valence-electron chi connectivity index (χ2n) is 9.56. The minimum absolute atomic E-state index is 0.0501. The van der Waals surface area contributed by atoms with Crippen LogP contribution in [0.25, 0.3) is 11.1 Å². The standard InChI is InChI=1S/C26H25F3N6O2/c1-15(36)35-12-19(13-35)34-24(37)16-4-5-21(28)20(7-16)17-10-31-25(32-11-17)33-14-26(8-18(27)9-26)23-22(29)3-2-6-30-23/h2-7,10-11,18-19H,8-9,12-14H2,1H3,(H,34,37)(H,31,32,33). The van der Waals surface area contributed by atoms with Crippen LogP contribution < -0.4 is 10.6 Å². The van der Waals surface area contributed by atoms with Crippen LogP contribution in [0.4, 0.5) is 19.1 Å². The van der Waals surface area contributed by atoms with Crippen LogP contribution in [0.5, 0.6) is 0 Å². The predicted molar refractivity (Wildman–Crippen MR) is 129 cm³/mol. The highest BCUT2D eigenvalue weighted by Gasteiger charge is 2.48. The molecule has 37 heavy (non-hydrogen) atoms. The second-order valence-corrected chi connectivity index (χ2v) is 9.56. The predicted octanol–water partition coefficient (Wildman–Crippen LogP) is 3.26. The normalized spacial score (nSPS) is 21.1. The molecule has 2 N–H and O–H groups in total. The number of pyridine rings is 1. The summed E-state index contributed by atoms with van der Waals surface area (Å²) in [6.45, 7) is 2.54. The zero-order chi connectivity index (χ0) is 26.2. The maximum atomic E-state index is 14.6. The number of anilines is 1. The molecule has 1 aromatic carbocycles. The van der Waals surface area contributed by atoms with Crippen LogP contribution in [-0.4, -0.2) is 63.5 Å². The Morgan fingerprint density at radius 3 is 2.46 bits per heavy atom. The number of carbonyl (C=O) groups is 2. The number of alkyl halides is 1. The molecule has 0 unspecified atom stereocenters. The average Bonchev–Trinajstić information content (AvgIpc) is 2.84. The zero-order valence-corrected chi connectivity index (χ0v) is 20.0. The van der Waals surface area contributed by atoms with Crippen molar-refractivity contribution in [1.29, 1.82) is 0 Å². The van der Waals surface area contributed by atoms with Gasteiger partial charge in [-0.2, -0.15) is 0 Å². The molecule has 1 aliphatic heterocycles. The summed E-state index contributed by atoms with van der Waals surface area (Å²) in [6, 6.07) is 6.65. The maximum Gasteiger partial charge on any atom is 0.251 e. The lowest BCUT2D eigenvalue weighted by Crippen LogP contribution is -2.60. The van der Waals surface area contributed by atoms with Crippen molar-refractivity contribution in [2.45, 2.75) is 37.4 Å². The van der Waals surface area contributed by atoms with Crippen LogP contribution in [-0.2, 0) is 10.2 Å². The summed E-state index contributed by atoms with van der Waals surface area (Å²) in [6.07, 6.45) is 3.56. The Labute approximate surface area is 211 Å². The Morgan fingerprint density at radius 2 is 1.81 bits per heavy atom. The lowest BCUT2D eigenvalue weighted by molar-refractivity contribution is -0.133. The van der Waals surface area contributed by atoms with Crippen LogP contribution in [0, 0.1) is 11.6 Å². The van der Waals surface area contributed by atoms with Gasteiger partial charge in [-0.3, -0.25) is 14.6 Å². The quantitative estimate of drug-likeness (QED) is 0.506. The van der Waals surface area contributed by atoms with Crippen molar-refractivity contribution in [3.63, 3.8) is 0 Å². The monoisotopic (exact) mass is 510 g/mol. The van der Waals surface area contributed by atoms with Gasteiger partial charge in [0.15, 0.2) is 0 Å². The van der Waals surface area contributed by atoms with E-state index in [4.69, 9.17) is 0 Å². The fraction of sp³-hybridized carbons (Fsp3) is 0.346. The van der Waals surface area contributed by atoms with E-state index in [1.807, 2.05) is 0 Å². The van der Waals surface area contributed by atoms with Crippen molar-refractivity contribution in [1.82, 2.24) is 25.2 Å². The lowest BCUT2D eigenvalue weighted by Gasteiger charge is -2.43. The van der Waals surface area contributed by atoms with Gasteiger partial charge in [0.05, 0.1) is 11.7 Å². The number of hydrogen-bond donors (Lipinski definition) is 2. The third kappa shape index (κ3) is 4.98. The third-order valence-electron chi connectivity index (χ3n) is 6.92. The van der Waals surface area contributed by atoms with Gasteiger partial charge in [0, 0.05) is 67.3 Å². The molecule has 2 aromatic heterocycles. The van der Waals surface area contributed by atoms with Gasteiger partial charge in [0.2, 0.25) is 11.9 Å². The SMILES string of the molecule is CC(=O)N1CC(NC(=O)c2ccc(F)c(-c3cnc(NCC4(c5ncccc5F)CC(F)C4)nc3)c2)C1. The largest absolute Gasteiger partial charge is 0.353 e. The number of nitrogens with one attached hydrogen (secondary N) is 2. The van der Waals surface area contributed by atoms with E-state index in [-0.39, 0.29) is 60.0 Å². The molecule has 11 heteroatoms. The first-order chi connectivity index (χ1) is 17.7. The highest BCUT2D eigenvalue weighted by atomic mass is 19.1. The topological polar surface area (TPSA) is 100 Å². The average molecular weight is 511 g/mol. The highest BCUT2D eigenvalue weighted by molar-refractivity contribution is 5.96. The molecule has 5 rings (SSSR count). The molecular weight excluding hydrogens is 485 g/mol. The van der Waals surface area contributed by atoms with E-state index in [1.54, 1.807) is 4.90 Å². The first kappa shape index (κ1) is 24.7. The summed E-state index contributed by atoms with van der Waals surface area (Å²) in [7, 11) is 0. The summed E-state index contributed by atoms with van der Waals surface area (Å²) in [5, 5.41) is 5.85. The minimum atomic E-state index is -1.03. The Balaban J connectivity index is 1.26. The van der Waals surface area contributed by atoms with E-state index < -0.39 is 23.2 Å². The van der Waals surface area contributed by atoms with Crippen molar-refractivity contribution in [2.75, 3.05) is 25.0 Å². The van der Waals surface area contributed by atoms with E-state index in [0.717, 1.165) is 0 Å². The number of rotatable bonds is 7. The van der Waals surface area contributed by atoms with Crippen LogP contribution in [0.3, 0.4) is 0 Å². The number of aromatic nitrogens is 3. The van der Waals surface area contributed by atoms with Crippen LogP contribution in [0.2, 0.25) is 0 Å². The molecule has 1 aliphatic carbocycles. The molecule has 0 bridgehead atoms. The molecule has 2 amide bonds. The van der Waals surface area contributed by atoms with Gasteiger partial charge >= 0.3 is 0 Å². The van der Waals surface area contributed by atoms with Gasteiger partial charge in [-0.05, 0) is 43.2 Å². The van der Waals surface area contributed by atoms with Crippen molar-refractivity contribution in [2.24, 2.45) is 0 Å². The second kappa shape index (κ2) is 9.79. The fourth-order valence-corrected chi connectivity index (χ4v) is 4.78. The Bertz CT molecular complexity index is 1320. The molecule has 192 valence electrons. The number of hydrogen-bond acceptors (Lipinski definition) is 6. The minimum Gasteiger partial charge on any atom is -0.353 e. The molecule has 0 radical (unpaired) electrons. The lowest BCUT2D eigenvalue weighted by atomic mass is 9.65. The summed E-state index contributed by atoms with van der Waals surface area (Å²) in [5.41, 5.74) is 0.195. The number of nitrogens with zero attached hydrogens (tertiary/aromatic N) is 4. The molecule has 0 spiro atoms. The summed E-state index contributed by atoms with van der Waals surface area (Å²) in [5.74, 6) is -1.23. The number of amides is 2. The van der Waals surface area contributed by atoms with Gasteiger partial charge in [0.25, 0.3) is 5.91 Å². The Hall–Kier alpha value is -4.02. The molecule has 2 fully saturated rings. The van der Waals surface area contributed by atoms with E-state index in [9.17, 15) is 22.8 Å². The molecular formula is C26H25F3N6O2. The Morgan fingerprint density at radius 1 is 1.08 bits per heavy atom. The number of carbonyl (C=O) groups excluding carboxylic acids is 2. The van der Waals surface area contributed by atoms with Gasteiger partial charge in [0.1, 0.15) is 17.8 Å². The smallest absolute Gasteiger partial charge is 0.251 e. The number of benzene rings is 1. The van der Waals surface area contributed by atoms with E-state index in [0.29, 0.717) is 18.7 Å². The first-order valence-electron chi connectivity index (χ1n) is 11.9. The molecule has 3 heterocycles. The maximum absolute atomic E-state index is 14.6. The number of likely N-dealkylation sites (tertiary alicyclic amines) is 1. The van der Waals surface area contributed by atoms with Crippen molar-refractivity contribution in [3.8, 4) is 11.1 Å². The first-order valence-corrected chi connectivity index (χ1v) is 11.9. The van der Waals surface area contributed by atoms with Crippen molar-refractivity contribution in [3.05, 3.63) is 71.8 Å². The van der Waals surface area contributed by atoms with Crippen LogP contribution >= 0.6 is 0 Å². The van der Waals surface area contributed by atoms with Gasteiger partial charge in [-0.15, -0.1) is 0 Å². The van der Waals surface area contributed by atoms with E-state index in [1.165, 1.54) is 55.8 Å². The highest BCUT2D eigenvalue weighted by Crippen LogP contribution is 2.45. The van der Waals surface area contributed by atoms with Crippen molar-refractivity contribution < 1.29 is 22.8 Å². The van der Waals surface area contributed by atoms with Gasteiger partial charge in [-0.1, -0.05) is 0 Å². The van der Waals surface area contributed by atoms with Crippen LogP contribution in [0.1, 0.15) is 35.8 Å². The third-order valence-corrected chi connectivity index (χ3v) is 6.92. The molecule has 1 saturated heterocycles.